The van der Waals surface area contributed by atoms with Crippen LogP contribution in [0.5, 0.6) is 0 Å². The molecule has 2 fully saturated rings. The van der Waals surface area contributed by atoms with Crippen LogP contribution in [0.15, 0.2) is 60.8 Å². The van der Waals surface area contributed by atoms with Gasteiger partial charge in [-0.3, -0.25) is 4.98 Å². The molecule has 30 heavy (non-hydrogen) atoms. The molecule has 5 rings (SSSR count). The van der Waals surface area contributed by atoms with Crippen LogP contribution in [0.3, 0.4) is 0 Å². The van der Waals surface area contributed by atoms with E-state index in [-0.39, 0.29) is 12.1 Å². The monoisotopic (exact) mass is 416 g/mol. The molecule has 1 aliphatic heterocycles. The molecule has 1 aliphatic carbocycles. The summed E-state index contributed by atoms with van der Waals surface area (Å²) in [7, 11) is 0. The zero-order valence-electron chi connectivity index (χ0n) is 17.6. The Labute approximate surface area is 183 Å². The van der Waals surface area contributed by atoms with Gasteiger partial charge in [-0.25, -0.2) is 0 Å². The Bertz CT molecular complexity index is 1040. The van der Waals surface area contributed by atoms with Crippen LogP contribution in [0.25, 0.3) is 5.69 Å². The van der Waals surface area contributed by atoms with Crippen molar-refractivity contribution in [2.24, 2.45) is 0 Å². The first-order valence-electron chi connectivity index (χ1n) is 10.9. The molecule has 0 radical (unpaired) electrons. The molecular formula is C25H28N4S. The molecule has 2 atom stereocenters. The highest BCUT2D eigenvalue weighted by molar-refractivity contribution is 7.80. The molecule has 4 nitrogen and oxygen atoms in total. The summed E-state index contributed by atoms with van der Waals surface area (Å²) in [4.78, 5) is 7.18. The van der Waals surface area contributed by atoms with E-state index in [0.29, 0.717) is 6.04 Å². The molecule has 154 valence electrons. The third-order valence-electron chi connectivity index (χ3n) is 6.66. The molecule has 1 N–H and O–H groups in total. The summed E-state index contributed by atoms with van der Waals surface area (Å²) in [6.07, 6.45) is 6.87. The summed E-state index contributed by atoms with van der Waals surface area (Å²) in [5.41, 5.74) is 6.12. The average Bonchev–Trinajstić information content (AvgIpc) is 3.47. The molecule has 2 aromatic heterocycles. The number of aromatic nitrogens is 2. The number of pyridine rings is 1. The minimum atomic E-state index is 0.0593. The van der Waals surface area contributed by atoms with E-state index in [1.807, 2.05) is 12.3 Å². The molecular weight excluding hydrogens is 388 g/mol. The van der Waals surface area contributed by atoms with E-state index in [9.17, 15) is 0 Å². The summed E-state index contributed by atoms with van der Waals surface area (Å²) in [6, 6.07) is 19.8. The zero-order chi connectivity index (χ0) is 20.7. The topological polar surface area (TPSA) is 33.1 Å². The Kier molecular flexibility index (Phi) is 5.07. The maximum Gasteiger partial charge on any atom is 0.170 e. The van der Waals surface area contributed by atoms with Gasteiger partial charge in [-0.05, 0) is 74.8 Å². The van der Waals surface area contributed by atoms with Crippen LogP contribution < -0.4 is 5.32 Å². The largest absolute Gasteiger partial charge is 0.352 e. The number of thiocarbonyl (C=S) groups is 1. The number of hydrogen-bond acceptors (Lipinski definition) is 2. The third kappa shape index (κ3) is 3.21. The number of hydrogen-bond donors (Lipinski definition) is 1. The lowest BCUT2D eigenvalue weighted by Gasteiger charge is -2.33. The van der Waals surface area contributed by atoms with Crippen molar-refractivity contribution in [2.45, 2.75) is 57.7 Å². The fourth-order valence-corrected chi connectivity index (χ4v) is 5.72. The fraction of sp³-hybridized carbons (Fsp3) is 0.360. The third-order valence-corrected chi connectivity index (χ3v) is 6.99. The first-order valence-corrected chi connectivity index (χ1v) is 11.3. The predicted octanol–water partition coefficient (Wildman–Crippen LogP) is 5.40. The van der Waals surface area contributed by atoms with Crippen molar-refractivity contribution in [3.05, 3.63) is 83.4 Å². The van der Waals surface area contributed by atoms with Crippen molar-refractivity contribution in [1.82, 2.24) is 19.8 Å². The van der Waals surface area contributed by atoms with Crippen LogP contribution in [0.4, 0.5) is 0 Å². The number of rotatable bonds is 4. The SMILES string of the molecule is Cc1cc([C@H]2[C@@H](c3ccccn3)NC(=S)N2C2CCCC2)c(C)n1-c1ccccc1. The Morgan fingerprint density at radius 1 is 1.00 bits per heavy atom. The van der Waals surface area contributed by atoms with E-state index in [4.69, 9.17) is 17.2 Å². The van der Waals surface area contributed by atoms with Crippen LogP contribution in [-0.2, 0) is 0 Å². The van der Waals surface area contributed by atoms with E-state index in [0.717, 1.165) is 10.8 Å². The van der Waals surface area contributed by atoms with Crippen molar-refractivity contribution >= 4 is 17.3 Å². The number of aryl methyl sites for hydroxylation is 1. The van der Waals surface area contributed by atoms with E-state index in [1.54, 1.807) is 0 Å². The number of para-hydroxylation sites is 1. The van der Waals surface area contributed by atoms with Crippen molar-refractivity contribution in [2.75, 3.05) is 0 Å². The summed E-state index contributed by atoms with van der Waals surface area (Å²) in [6.45, 7) is 4.43. The van der Waals surface area contributed by atoms with Gasteiger partial charge in [-0.2, -0.15) is 0 Å². The standard InChI is InChI=1S/C25H28N4S/c1-17-16-21(18(2)28(17)19-10-4-3-5-11-19)24-23(22-14-8-9-15-26-22)27-25(30)29(24)20-12-6-7-13-20/h3-5,8-11,14-16,20,23-24H,6-7,12-13H2,1-2H3,(H,27,30)/t23-,24+/m1/s1. The number of nitrogens with one attached hydrogen (secondary N) is 1. The van der Waals surface area contributed by atoms with E-state index in [1.165, 1.54) is 48.3 Å². The van der Waals surface area contributed by atoms with Gasteiger partial charge >= 0.3 is 0 Å². The molecule has 3 aromatic rings. The summed E-state index contributed by atoms with van der Waals surface area (Å²) in [5.74, 6) is 0. The van der Waals surface area contributed by atoms with Crippen LogP contribution in [0, 0.1) is 13.8 Å². The Balaban J connectivity index is 1.64. The minimum absolute atomic E-state index is 0.0593. The van der Waals surface area contributed by atoms with Crippen LogP contribution in [0.1, 0.15) is 60.4 Å². The molecule has 3 heterocycles. The highest BCUT2D eigenvalue weighted by Gasteiger charge is 2.44. The molecule has 1 saturated heterocycles. The molecule has 5 heteroatoms. The predicted molar refractivity (Wildman–Crippen MR) is 125 cm³/mol. The first kappa shape index (κ1) is 19.3. The second-order valence-corrected chi connectivity index (χ2v) is 8.86. The molecule has 0 bridgehead atoms. The van der Waals surface area contributed by atoms with E-state index in [2.05, 4.69) is 77.2 Å². The van der Waals surface area contributed by atoms with Crippen molar-refractivity contribution in [3.63, 3.8) is 0 Å². The Morgan fingerprint density at radius 3 is 2.43 bits per heavy atom. The molecule has 1 saturated carbocycles. The lowest BCUT2D eigenvalue weighted by atomic mass is 9.95. The quantitative estimate of drug-likeness (QED) is 0.577. The van der Waals surface area contributed by atoms with Gasteiger partial charge in [0, 0.05) is 29.3 Å². The second-order valence-electron chi connectivity index (χ2n) is 8.47. The highest BCUT2D eigenvalue weighted by atomic mass is 32.1. The van der Waals surface area contributed by atoms with Gasteiger partial charge in [0.1, 0.15) is 0 Å². The van der Waals surface area contributed by atoms with Crippen molar-refractivity contribution in [3.8, 4) is 5.69 Å². The van der Waals surface area contributed by atoms with Gasteiger partial charge in [0.05, 0.1) is 17.8 Å². The lowest BCUT2D eigenvalue weighted by Crippen LogP contribution is -2.37. The number of nitrogens with zero attached hydrogens (tertiary/aromatic N) is 3. The van der Waals surface area contributed by atoms with Gasteiger partial charge in [-0.15, -0.1) is 0 Å². The second kappa shape index (κ2) is 7.88. The molecule has 1 aromatic carbocycles. The molecule has 0 spiro atoms. The van der Waals surface area contributed by atoms with Crippen molar-refractivity contribution < 1.29 is 0 Å². The van der Waals surface area contributed by atoms with Gasteiger partial charge < -0.3 is 14.8 Å². The summed E-state index contributed by atoms with van der Waals surface area (Å²) >= 11 is 5.89. The van der Waals surface area contributed by atoms with Crippen LogP contribution >= 0.6 is 12.2 Å². The van der Waals surface area contributed by atoms with Gasteiger partial charge in [0.15, 0.2) is 5.11 Å². The normalized spacial score (nSPS) is 21.9. The molecule has 2 aliphatic rings. The zero-order valence-corrected chi connectivity index (χ0v) is 18.4. The average molecular weight is 417 g/mol. The lowest BCUT2D eigenvalue weighted by molar-refractivity contribution is 0.245. The van der Waals surface area contributed by atoms with E-state index >= 15 is 0 Å². The summed E-state index contributed by atoms with van der Waals surface area (Å²) in [5, 5.41) is 4.49. The van der Waals surface area contributed by atoms with Gasteiger partial charge in [0.2, 0.25) is 0 Å². The molecule has 0 unspecified atom stereocenters. The maximum atomic E-state index is 5.89. The maximum absolute atomic E-state index is 5.89. The first-order chi connectivity index (χ1) is 14.6. The van der Waals surface area contributed by atoms with Crippen LogP contribution in [-0.4, -0.2) is 25.6 Å². The van der Waals surface area contributed by atoms with Crippen LogP contribution in [0.2, 0.25) is 0 Å². The highest BCUT2D eigenvalue weighted by Crippen LogP contribution is 2.44. The smallest absolute Gasteiger partial charge is 0.170 e. The van der Waals surface area contributed by atoms with Crippen molar-refractivity contribution in [1.29, 1.82) is 0 Å². The minimum Gasteiger partial charge on any atom is -0.352 e. The Hall–Kier alpha value is -2.66. The molecule has 0 amide bonds. The van der Waals surface area contributed by atoms with E-state index < -0.39 is 0 Å². The summed E-state index contributed by atoms with van der Waals surface area (Å²) < 4.78 is 2.36. The van der Waals surface area contributed by atoms with Gasteiger partial charge in [0.25, 0.3) is 0 Å². The number of benzene rings is 1. The fourth-order valence-electron chi connectivity index (χ4n) is 5.34. The van der Waals surface area contributed by atoms with Gasteiger partial charge in [-0.1, -0.05) is 37.1 Å². The Morgan fingerprint density at radius 2 is 1.73 bits per heavy atom.